The molecule has 2 aromatic carbocycles. The molecule has 7 heteroatoms. The van der Waals surface area contributed by atoms with E-state index < -0.39 is 15.4 Å². The molecule has 1 aliphatic heterocycles. The number of halogens is 1. The molecule has 1 amide bonds. The average molecular weight is 433 g/mol. The number of sulfonamides is 1. The first-order valence-electron chi connectivity index (χ1n) is 10.1. The van der Waals surface area contributed by atoms with E-state index in [1.807, 2.05) is 32.9 Å². The fourth-order valence-electron chi connectivity index (χ4n) is 4.33. The lowest BCUT2D eigenvalue weighted by molar-refractivity contribution is -0.132. The Labute approximate surface area is 178 Å². The lowest BCUT2D eigenvalue weighted by atomic mass is 9.82. The van der Waals surface area contributed by atoms with E-state index >= 15 is 0 Å². The minimum atomic E-state index is -3.71. The number of piperidine rings is 1. The lowest BCUT2D eigenvalue weighted by Gasteiger charge is -2.39. The molecule has 1 aliphatic rings. The number of carbonyl (C=O) groups is 1. The van der Waals surface area contributed by atoms with E-state index in [4.69, 9.17) is 0 Å². The van der Waals surface area contributed by atoms with Crippen LogP contribution < -0.4 is 5.32 Å². The van der Waals surface area contributed by atoms with E-state index in [0.29, 0.717) is 29.8 Å². The molecule has 1 atom stereocenters. The highest BCUT2D eigenvalue weighted by Gasteiger charge is 2.42. The molecule has 0 saturated carbocycles. The second-order valence-corrected chi connectivity index (χ2v) is 10.4. The molecule has 3 rings (SSSR count). The van der Waals surface area contributed by atoms with Crippen LogP contribution in [0.3, 0.4) is 0 Å². The molecule has 1 saturated heterocycles. The Bertz CT molecular complexity index is 1040. The van der Waals surface area contributed by atoms with Crippen molar-refractivity contribution in [3.05, 3.63) is 64.5 Å². The number of amides is 1. The number of hydrogen-bond donors (Lipinski definition) is 1. The molecule has 0 spiro atoms. The minimum Gasteiger partial charge on any atom is -0.352 e. The van der Waals surface area contributed by atoms with Gasteiger partial charge < -0.3 is 5.32 Å². The topological polar surface area (TPSA) is 66.5 Å². The maximum atomic E-state index is 13.4. The van der Waals surface area contributed by atoms with Crippen LogP contribution in [0.25, 0.3) is 0 Å². The first kappa shape index (κ1) is 22.4. The van der Waals surface area contributed by atoms with Gasteiger partial charge in [-0.3, -0.25) is 4.79 Å². The number of benzene rings is 2. The summed E-state index contributed by atoms with van der Waals surface area (Å²) in [5, 5.41) is 2.85. The Kier molecular flexibility index (Phi) is 6.34. The number of rotatable bonds is 5. The van der Waals surface area contributed by atoms with Gasteiger partial charge in [-0.15, -0.1) is 0 Å². The van der Waals surface area contributed by atoms with Crippen LogP contribution >= 0.6 is 0 Å². The van der Waals surface area contributed by atoms with Crippen molar-refractivity contribution in [2.75, 3.05) is 13.1 Å². The molecule has 0 aliphatic carbocycles. The maximum absolute atomic E-state index is 13.4. The third kappa shape index (κ3) is 4.57. The first-order valence-corrected chi connectivity index (χ1v) is 11.6. The zero-order valence-electron chi connectivity index (χ0n) is 18.0. The third-order valence-electron chi connectivity index (χ3n) is 5.75. The zero-order valence-corrected chi connectivity index (χ0v) is 18.8. The average Bonchev–Trinajstić information content (AvgIpc) is 2.65. The van der Waals surface area contributed by atoms with E-state index in [9.17, 15) is 17.6 Å². The highest BCUT2D eigenvalue weighted by molar-refractivity contribution is 7.89. The second kappa shape index (κ2) is 8.47. The summed E-state index contributed by atoms with van der Waals surface area (Å²) in [5.74, 6) is -0.573. The summed E-state index contributed by atoms with van der Waals surface area (Å²) in [4.78, 5) is 13.3. The number of carbonyl (C=O) groups excluding carboxylic acids is 1. The van der Waals surface area contributed by atoms with Gasteiger partial charge in [0, 0.05) is 19.6 Å². The Morgan fingerprint density at radius 2 is 1.83 bits per heavy atom. The molecule has 0 aromatic heterocycles. The Morgan fingerprint density at radius 1 is 1.17 bits per heavy atom. The van der Waals surface area contributed by atoms with Gasteiger partial charge in [-0.05, 0) is 69.4 Å². The van der Waals surface area contributed by atoms with Crippen LogP contribution in [0.5, 0.6) is 0 Å². The summed E-state index contributed by atoms with van der Waals surface area (Å²) in [6.07, 6.45) is 1.20. The van der Waals surface area contributed by atoms with Crippen LogP contribution in [-0.4, -0.2) is 31.7 Å². The summed E-state index contributed by atoms with van der Waals surface area (Å²) < 4.78 is 41.6. The number of hydrogen-bond acceptors (Lipinski definition) is 3. The monoisotopic (exact) mass is 432 g/mol. The minimum absolute atomic E-state index is 0.122. The summed E-state index contributed by atoms with van der Waals surface area (Å²) >= 11 is 0. The normalized spacial score (nSPS) is 20.2. The van der Waals surface area contributed by atoms with Gasteiger partial charge in [0.25, 0.3) is 0 Å². The van der Waals surface area contributed by atoms with E-state index in [2.05, 4.69) is 5.32 Å². The van der Waals surface area contributed by atoms with Crippen molar-refractivity contribution in [1.82, 2.24) is 9.62 Å². The molecular weight excluding hydrogens is 403 g/mol. The summed E-state index contributed by atoms with van der Waals surface area (Å²) in [6, 6.07) is 9.81. The largest absolute Gasteiger partial charge is 0.352 e. The van der Waals surface area contributed by atoms with Gasteiger partial charge in [0.15, 0.2) is 0 Å². The predicted molar refractivity (Wildman–Crippen MR) is 115 cm³/mol. The highest BCUT2D eigenvalue weighted by Crippen LogP contribution is 2.34. The van der Waals surface area contributed by atoms with Crippen molar-refractivity contribution in [2.24, 2.45) is 5.41 Å². The quantitative estimate of drug-likeness (QED) is 0.780. The smallest absolute Gasteiger partial charge is 0.243 e. The number of nitrogens with one attached hydrogen (secondary N) is 1. The molecule has 1 N–H and O–H groups in total. The van der Waals surface area contributed by atoms with Gasteiger partial charge >= 0.3 is 0 Å². The first-order chi connectivity index (χ1) is 14.0. The SMILES string of the molecule is Cc1cc(C)c(S(=O)(=O)N2CCCC(C)(C(=O)NCc3cccc(F)c3)C2)c(C)c1. The van der Waals surface area contributed by atoms with Gasteiger partial charge in [-0.1, -0.05) is 29.8 Å². The lowest BCUT2D eigenvalue weighted by Crippen LogP contribution is -2.51. The number of aryl methyl sites for hydroxylation is 3. The molecule has 1 heterocycles. The molecule has 2 aromatic rings. The van der Waals surface area contributed by atoms with Crippen LogP contribution in [0.15, 0.2) is 41.3 Å². The van der Waals surface area contributed by atoms with Crippen molar-refractivity contribution in [1.29, 1.82) is 0 Å². The van der Waals surface area contributed by atoms with Gasteiger partial charge in [-0.2, -0.15) is 4.31 Å². The van der Waals surface area contributed by atoms with Crippen molar-refractivity contribution in [3.63, 3.8) is 0 Å². The fourth-order valence-corrected chi connectivity index (χ4v) is 6.34. The van der Waals surface area contributed by atoms with Crippen LogP contribution in [0.1, 0.15) is 42.0 Å². The predicted octanol–water partition coefficient (Wildman–Crippen LogP) is 3.86. The molecule has 30 heavy (non-hydrogen) atoms. The zero-order chi connectivity index (χ0) is 22.1. The Hall–Kier alpha value is -2.25. The van der Waals surface area contributed by atoms with Crippen molar-refractivity contribution >= 4 is 15.9 Å². The molecule has 162 valence electrons. The molecule has 5 nitrogen and oxygen atoms in total. The van der Waals surface area contributed by atoms with Crippen molar-refractivity contribution in [2.45, 2.75) is 52.0 Å². The second-order valence-electron chi connectivity index (χ2n) is 8.54. The van der Waals surface area contributed by atoms with E-state index in [0.717, 1.165) is 16.7 Å². The van der Waals surface area contributed by atoms with Crippen molar-refractivity contribution < 1.29 is 17.6 Å². The fraction of sp³-hybridized carbons (Fsp3) is 0.435. The standard InChI is InChI=1S/C23H29FN2O3S/c1-16-11-17(2)21(18(3)12-16)30(28,29)26-10-6-9-23(4,15-26)22(27)25-14-19-7-5-8-20(24)13-19/h5,7-8,11-13H,6,9-10,14-15H2,1-4H3,(H,25,27). The van der Waals surface area contributed by atoms with Gasteiger partial charge in [-0.25, -0.2) is 12.8 Å². The van der Waals surface area contributed by atoms with E-state index in [-0.39, 0.29) is 24.8 Å². The molecule has 0 radical (unpaired) electrons. The summed E-state index contributed by atoms with van der Waals surface area (Å²) in [5.41, 5.74) is 2.28. The van der Waals surface area contributed by atoms with Crippen LogP contribution in [0.2, 0.25) is 0 Å². The van der Waals surface area contributed by atoms with Gasteiger partial charge in [0.05, 0.1) is 10.3 Å². The molecular formula is C23H29FN2O3S. The summed E-state index contributed by atoms with van der Waals surface area (Å²) in [6.45, 7) is 8.07. The van der Waals surface area contributed by atoms with Crippen LogP contribution in [-0.2, 0) is 21.4 Å². The molecule has 1 fully saturated rings. The van der Waals surface area contributed by atoms with E-state index in [1.165, 1.54) is 16.4 Å². The molecule has 1 unspecified atom stereocenters. The molecule has 0 bridgehead atoms. The van der Waals surface area contributed by atoms with Gasteiger partial charge in [0.1, 0.15) is 5.82 Å². The number of nitrogens with zero attached hydrogens (tertiary/aromatic N) is 1. The Balaban J connectivity index is 1.79. The third-order valence-corrected chi connectivity index (χ3v) is 7.91. The van der Waals surface area contributed by atoms with Gasteiger partial charge in [0.2, 0.25) is 15.9 Å². The highest BCUT2D eigenvalue weighted by atomic mass is 32.2. The van der Waals surface area contributed by atoms with Crippen LogP contribution in [0.4, 0.5) is 4.39 Å². The van der Waals surface area contributed by atoms with Crippen molar-refractivity contribution in [3.8, 4) is 0 Å². The van der Waals surface area contributed by atoms with Crippen LogP contribution in [0, 0.1) is 32.0 Å². The summed E-state index contributed by atoms with van der Waals surface area (Å²) in [7, 11) is -3.71. The maximum Gasteiger partial charge on any atom is 0.243 e. The van der Waals surface area contributed by atoms with E-state index in [1.54, 1.807) is 19.1 Å². The Morgan fingerprint density at radius 3 is 2.47 bits per heavy atom.